The molecule has 0 unspecified atom stereocenters. The maximum atomic E-state index is 13.3. The summed E-state index contributed by atoms with van der Waals surface area (Å²) in [7, 11) is 0. The normalized spacial score (nSPS) is 12.5. The Bertz CT molecular complexity index is 6880. The number of nitriles is 1. The van der Waals surface area contributed by atoms with Crippen LogP contribution < -0.4 is 0 Å². The molecule has 0 amide bonds. The van der Waals surface area contributed by atoms with E-state index >= 15 is 0 Å². The van der Waals surface area contributed by atoms with Crippen LogP contribution >= 0.6 is 0 Å². The van der Waals surface area contributed by atoms with Gasteiger partial charge in [-0.2, -0.15) is 5.26 Å². The van der Waals surface area contributed by atoms with Gasteiger partial charge >= 0.3 is 0 Å². The molecule has 0 N–H and O–H groups in total. The van der Waals surface area contributed by atoms with Gasteiger partial charge in [-0.3, -0.25) is 0 Å². The van der Waals surface area contributed by atoms with E-state index < -0.39 is 0 Å². The Morgan fingerprint density at radius 3 is 0.883 bits per heavy atom. The highest BCUT2D eigenvalue weighted by molar-refractivity contribution is 6.29. The molecule has 8 heterocycles. The quantitative estimate of drug-likeness (QED) is 0.170. The predicted molar refractivity (Wildman–Crippen MR) is 381 cm³/mol. The molecule has 9 heteroatoms. The largest absolute Gasteiger partial charge is 0.456 e. The maximum Gasteiger partial charge on any atom is 0.145 e. The fourth-order valence-corrected chi connectivity index (χ4v) is 16.4. The fourth-order valence-electron chi connectivity index (χ4n) is 16.4. The second-order valence-electron chi connectivity index (χ2n) is 24.7. The molecule has 0 aliphatic carbocycles. The standard InChI is InChI=1S/C85H44N4O5/c86-45-59-75(57-27-17-37-71-73(57)55-25-7-15-35-69(55)90-71)80(87-60-29-9-1-22-52(60)77-63(87)42-39-49-46-19-4-12-32-66(46)92-83(49)77)82(89-62-31-11-3-24-54(62)79-65(89)44-41-51-48-21-6-14-34-68(48)94-85(51)79)81(76(59)58-28-18-38-72-74(58)56-26-8-16-36-70(56)91-72)88-61-30-10-2-23-53(61)78-64(88)43-40-50-47-20-5-13-33-67(47)93-84(50)78/h1-44H. The molecule has 434 valence electrons. The van der Waals surface area contributed by atoms with E-state index in [1.54, 1.807) is 0 Å². The van der Waals surface area contributed by atoms with E-state index in [1.165, 1.54) is 0 Å². The smallest absolute Gasteiger partial charge is 0.145 e. The lowest BCUT2D eigenvalue weighted by Gasteiger charge is -2.29. The minimum atomic E-state index is 0.441. The summed E-state index contributed by atoms with van der Waals surface area (Å²) >= 11 is 0. The van der Waals surface area contributed by atoms with Crippen molar-refractivity contribution < 1.29 is 22.1 Å². The lowest BCUT2D eigenvalue weighted by Crippen LogP contribution is -2.14. The van der Waals surface area contributed by atoms with E-state index in [-0.39, 0.29) is 0 Å². The van der Waals surface area contributed by atoms with Crippen LogP contribution in [0.3, 0.4) is 0 Å². The number of furan rings is 5. The summed E-state index contributed by atoms with van der Waals surface area (Å²) in [4.78, 5) is 0. The van der Waals surface area contributed by atoms with Crippen molar-refractivity contribution in [1.29, 1.82) is 5.26 Å². The molecule has 0 aliphatic rings. The minimum Gasteiger partial charge on any atom is -0.456 e. The van der Waals surface area contributed by atoms with Crippen molar-refractivity contribution in [2.75, 3.05) is 0 Å². The molecule has 0 aliphatic heterocycles. The van der Waals surface area contributed by atoms with Gasteiger partial charge in [-0.05, 0) is 108 Å². The van der Waals surface area contributed by atoms with Gasteiger partial charge in [-0.15, -0.1) is 0 Å². The first-order valence-electron chi connectivity index (χ1n) is 31.6. The van der Waals surface area contributed by atoms with Crippen molar-refractivity contribution in [2.24, 2.45) is 0 Å². The van der Waals surface area contributed by atoms with E-state index in [0.717, 1.165) is 192 Å². The van der Waals surface area contributed by atoms with Crippen LogP contribution in [0.1, 0.15) is 5.56 Å². The van der Waals surface area contributed by atoms with E-state index in [0.29, 0.717) is 27.9 Å². The third-order valence-corrected chi connectivity index (χ3v) is 20.1. The first kappa shape index (κ1) is 49.8. The van der Waals surface area contributed by atoms with Gasteiger partial charge in [0.1, 0.15) is 61.9 Å². The zero-order valence-electron chi connectivity index (χ0n) is 49.7. The molecule has 0 spiro atoms. The molecule has 0 bridgehead atoms. The van der Waals surface area contributed by atoms with Crippen molar-refractivity contribution in [3.63, 3.8) is 0 Å². The van der Waals surface area contributed by atoms with Gasteiger partial charge < -0.3 is 35.8 Å². The van der Waals surface area contributed by atoms with Gasteiger partial charge in [0.15, 0.2) is 0 Å². The van der Waals surface area contributed by atoms with Crippen molar-refractivity contribution in [3.8, 4) is 45.4 Å². The number of rotatable bonds is 5. The van der Waals surface area contributed by atoms with Crippen molar-refractivity contribution >= 4 is 175 Å². The third kappa shape index (κ3) is 6.30. The van der Waals surface area contributed by atoms with Gasteiger partial charge in [0, 0.05) is 81.1 Å². The number of benzene rings is 14. The maximum absolute atomic E-state index is 13.3. The zero-order valence-corrected chi connectivity index (χ0v) is 49.7. The van der Waals surface area contributed by atoms with Crippen LogP contribution in [0, 0.1) is 11.3 Å². The number of hydrogen-bond acceptors (Lipinski definition) is 6. The zero-order chi connectivity index (χ0) is 61.2. The first-order valence-corrected chi connectivity index (χ1v) is 31.6. The lowest BCUT2D eigenvalue weighted by molar-refractivity contribution is 0.668. The van der Waals surface area contributed by atoms with Gasteiger partial charge in [0.2, 0.25) is 0 Å². The van der Waals surface area contributed by atoms with E-state index in [9.17, 15) is 5.26 Å². The van der Waals surface area contributed by atoms with Gasteiger partial charge in [0.25, 0.3) is 0 Å². The average Bonchev–Trinajstić information content (AvgIpc) is 1.43. The topological polar surface area (TPSA) is 104 Å². The molecule has 94 heavy (non-hydrogen) atoms. The highest BCUT2D eigenvalue weighted by Crippen LogP contribution is 2.56. The summed E-state index contributed by atoms with van der Waals surface area (Å²) < 4.78 is 42.6. The number of fused-ring (bicyclic) bond motifs is 27. The Morgan fingerprint density at radius 2 is 0.521 bits per heavy atom. The summed E-state index contributed by atoms with van der Waals surface area (Å²) in [6, 6.07) is 96.4. The van der Waals surface area contributed by atoms with Crippen LogP contribution in [0.2, 0.25) is 0 Å². The molecule has 14 aromatic carbocycles. The van der Waals surface area contributed by atoms with Gasteiger partial charge in [0.05, 0.1) is 71.9 Å². The van der Waals surface area contributed by atoms with Crippen molar-refractivity contribution in [3.05, 3.63) is 272 Å². The molecule has 0 fully saturated rings. The second-order valence-corrected chi connectivity index (χ2v) is 24.7. The molecular formula is C85H44N4O5. The summed E-state index contributed by atoms with van der Waals surface area (Å²) in [5, 5.41) is 28.9. The predicted octanol–water partition coefficient (Wildman–Crippen LogP) is 23.7. The number of nitrogens with zero attached hydrogens (tertiary/aromatic N) is 4. The van der Waals surface area contributed by atoms with Gasteiger partial charge in [-0.25, -0.2) is 0 Å². The van der Waals surface area contributed by atoms with Crippen LogP contribution in [0.25, 0.3) is 214 Å². The minimum absolute atomic E-state index is 0.441. The molecule has 22 rings (SSSR count). The highest BCUT2D eigenvalue weighted by atomic mass is 16.3. The highest BCUT2D eigenvalue weighted by Gasteiger charge is 2.37. The van der Waals surface area contributed by atoms with Crippen LogP contribution in [0.4, 0.5) is 0 Å². The average molecular weight is 1200 g/mol. The van der Waals surface area contributed by atoms with Crippen LogP contribution in [-0.4, -0.2) is 13.7 Å². The Hall–Kier alpha value is -13.0. The molecule has 0 atom stereocenters. The second kappa shape index (κ2) is 18.1. The Morgan fingerprint density at radius 1 is 0.223 bits per heavy atom. The third-order valence-electron chi connectivity index (χ3n) is 20.1. The molecule has 9 nitrogen and oxygen atoms in total. The summed E-state index contributed by atoms with van der Waals surface area (Å²) in [5.74, 6) is 0. The number of aromatic nitrogens is 3. The molecule has 0 radical (unpaired) electrons. The van der Waals surface area contributed by atoms with E-state index in [2.05, 4.69) is 220 Å². The van der Waals surface area contributed by atoms with Gasteiger partial charge in [-0.1, -0.05) is 170 Å². The van der Waals surface area contributed by atoms with E-state index in [1.807, 2.05) is 66.7 Å². The summed E-state index contributed by atoms with van der Waals surface area (Å²) in [6.45, 7) is 0. The first-order chi connectivity index (χ1) is 46.6. The van der Waals surface area contributed by atoms with E-state index in [4.69, 9.17) is 22.1 Å². The summed E-state index contributed by atoms with van der Waals surface area (Å²) in [6.07, 6.45) is 0. The Balaban J connectivity index is 1.08. The molecule has 0 saturated heterocycles. The van der Waals surface area contributed by atoms with Crippen molar-refractivity contribution in [1.82, 2.24) is 13.7 Å². The van der Waals surface area contributed by atoms with Crippen molar-refractivity contribution in [2.45, 2.75) is 0 Å². The monoisotopic (exact) mass is 1200 g/mol. The molecule has 22 aromatic rings. The number of hydrogen-bond donors (Lipinski definition) is 0. The number of para-hydroxylation sites is 8. The fraction of sp³-hybridized carbons (Fsp3) is 0. The Labute approximate surface area is 531 Å². The van der Waals surface area contributed by atoms with Crippen LogP contribution in [0.5, 0.6) is 0 Å². The van der Waals surface area contributed by atoms with Crippen LogP contribution in [0.15, 0.2) is 289 Å². The molecule has 8 aromatic heterocycles. The molecular weight excluding hydrogens is 1160 g/mol. The lowest BCUT2D eigenvalue weighted by atomic mass is 9.84. The van der Waals surface area contributed by atoms with Crippen LogP contribution in [-0.2, 0) is 0 Å². The molecule has 0 saturated carbocycles. The Kier molecular flexibility index (Phi) is 9.59. The SMILES string of the molecule is N#Cc1c(-c2cccc3oc4ccccc4c23)c(-n2c3ccccc3c3c4oc5ccccc5c4ccc32)c(-n2c3ccccc3c3c4oc5ccccc5c4ccc32)c(-n2c3ccccc3c3c4oc5ccccc5c4ccc32)c1-c1cccc2oc3ccccc3c12. The summed E-state index contributed by atoms with van der Waals surface area (Å²) in [5.41, 5.74) is 18.8.